The van der Waals surface area contributed by atoms with E-state index in [1.54, 1.807) is 0 Å². The summed E-state index contributed by atoms with van der Waals surface area (Å²) in [5.74, 6) is 0. The van der Waals surface area contributed by atoms with Gasteiger partial charge in [0.05, 0.1) is 5.69 Å². The quantitative estimate of drug-likeness (QED) is 0.784. The van der Waals surface area contributed by atoms with Crippen LogP contribution in [0.3, 0.4) is 0 Å². The molecule has 0 radical (unpaired) electrons. The van der Waals surface area contributed by atoms with E-state index in [0.717, 1.165) is 30.0 Å². The summed E-state index contributed by atoms with van der Waals surface area (Å²) in [6, 6.07) is 7.91. The van der Waals surface area contributed by atoms with E-state index >= 15 is 0 Å². The van der Waals surface area contributed by atoms with Crippen LogP contribution in [0.25, 0.3) is 0 Å². The highest BCUT2D eigenvalue weighted by molar-refractivity contribution is 5.46. The predicted octanol–water partition coefficient (Wildman–Crippen LogP) is 1.60. The van der Waals surface area contributed by atoms with Gasteiger partial charge in [-0.05, 0) is 18.6 Å². The van der Waals surface area contributed by atoms with Gasteiger partial charge in [0.15, 0.2) is 0 Å². The van der Waals surface area contributed by atoms with E-state index in [0.29, 0.717) is 0 Å². The van der Waals surface area contributed by atoms with Crippen molar-refractivity contribution in [1.82, 2.24) is 15.1 Å². The predicted molar refractivity (Wildman–Crippen MR) is 69.3 cm³/mol. The molecule has 1 aromatic carbocycles. The molecule has 1 heterocycles. The number of nitrogens with zero attached hydrogens (tertiary/aromatic N) is 2. The molecule has 0 bridgehead atoms. The second-order valence-corrected chi connectivity index (χ2v) is 4.22. The normalized spacial score (nSPS) is 10.7. The summed E-state index contributed by atoms with van der Waals surface area (Å²) in [5, 5.41) is 7.69. The molecule has 0 saturated heterocycles. The first-order chi connectivity index (χ1) is 8.16. The van der Waals surface area contributed by atoms with Gasteiger partial charge in [-0.25, -0.2) is 0 Å². The number of aromatic nitrogens is 2. The Labute approximate surface area is 101 Å². The summed E-state index contributed by atoms with van der Waals surface area (Å²) in [7, 11) is 1.94. The van der Waals surface area contributed by atoms with Crippen molar-refractivity contribution in [2.45, 2.75) is 20.0 Å². The summed E-state index contributed by atoms with van der Waals surface area (Å²) >= 11 is 0. The zero-order valence-corrected chi connectivity index (χ0v) is 10.3. The van der Waals surface area contributed by atoms with Crippen molar-refractivity contribution in [2.75, 3.05) is 5.73 Å². The number of nitrogen functional groups attached to an aromatic ring is 1. The van der Waals surface area contributed by atoms with Gasteiger partial charge < -0.3 is 11.1 Å². The van der Waals surface area contributed by atoms with Gasteiger partial charge in [0.1, 0.15) is 0 Å². The monoisotopic (exact) mass is 230 g/mol. The average molecular weight is 230 g/mol. The lowest BCUT2D eigenvalue weighted by Crippen LogP contribution is -2.14. The fourth-order valence-corrected chi connectivity index (χ4v) is 1.85. The summed E-state index contributed by atoms with van der Waals surface area (Å²) in [6.07, 6.45) is 2.04. The van der Waals surface area contributed by atoms with E-state index in [1.165, 1.54) is 5.56 Å². The number of nitrogens with one attached hydrogen (secondary N) is 1. The fourth-order valence-electron chi connectivity index (χ4n) is 1.85. The van der Waals surface area contributed by atoms with Crippen LogP contribution in [0.2, 0.25) is 0 Å². The maximum atomic E-state index is 5.88. The van der Waals surface area contributed by atoms with E-state index in [2.05, 4.69) is 10.4 Å². The molecular formula is C13H18N4. The summed E-state index contributed by atoms with van der Waals surface area (Å²) in [5.41, 5.74) is 10.1. The summed E-state index contributed by atoms with van der Waals surface area (Å²) in [6.45, 7) is 3.61. The zero-order chi connectivity index (χ0) is 12.3. The number of benzene rings is 1. The number of nitrogens with two attached hydrogens (primary N) is 1. The molecule has 1 aromatic heterocycles. The maximum absolute atomic E-state index is 5.88. The highest BCUT2D eigenvalue weighted by Gasteiger charge is 2.03. The van der Waals surface area contributed by atoms with Crippen molar-refractivity contribution in [3.8, 4) is 0 Å². The molecule has 0 aliphatic carbocycles. The molecule has 2 aromatic rings. The molecule has 17 heavy (non-hydrogen) atoms. The van der Waals surface area contributed by atoms with Crippen molar-refractivity contribution in [3.63, 3.8) is 0 Å². The summed E-state index contributed by atoms with van der Waals surface area (Å²) < 4.78 is 1.84. The second kappa shape index (κ2) is 5.01. The van der Waals surface area contributed by atoms with E-state index in [1.807, 2.05) is 49.1 Å². The Morgan fingerprint density at radius 3 is 2.59 bits per heavy atom. The van der Waals surface area contributed by atoms with Crippen molar-refractivity contribution < 1.29 is 0 Å². The van der Waals surface area contributed by atoms with Crippen molar-refractivity contribution in [3.05, 3.63) is 47.3 Å². The van der Waals surface area contributed by atoms with Gasteiger partial charge >= 0.3 is 0 Å². The van der Waals surface area contributed by atoms with Crippen molar-refractivity contribution >= 4 is 5.69 Å². The summed E-state index contributed by atoms with van der Waals surface area (Å²) in [4.78, 5) is 0. The molecule has 4 nitrogen and oxygen atoms in total. The minimum Gasteiger partial charge on any atom is -0.398 e. The Morgan fingerprint density at radius 1 is 1.24 bits per heavy atom. The first-order valence-corrected chi connectivity index (χ1v) is 5.70. The Morgan fingerprint density at radius 2 is 1.94 bits per heavy atom. The largest absolute Gasteiger partial charge is 0.398 e. The number of hydrogen-bond acceptors (Lipinski definition) is 3. The molecule has 4 heteroatoms. The third kappa shape index (κ3) is 2.85. The molecule has 90 valence electrons. The van der Waals surface area contributed by atoms with Crippen LogP contribution >= 0.6 is 0 Å². The number of anilines is 1. The molecule has 0 unspecified atom stereocenters. The van der Waals surface area contributed by atoms with E-state index in [-0.39, 0.29) is 0 Å². The lowest BCUT2D eigenvalue weighted by molar-refractivity contribution is 0.691. The van der Waals surface area contributed by atoms with E-state index < -0.39 is 0 Å². The van der Waals surface area contributed by atoms with Crippen LogP contribution < -0.4 is 11.1 Å². The number of aryl methyl sites for hydroxylation is 2. The van der Waals surface area contributed by atoms with Gasteiger partial charge in [-0.1, -0.05) is 18.2 Å². The van der Waals surface area contributed by atoms with Gasteiger partial charge in [-0.2, -0.15) is 5.10 Å². The Balaban J connectivity index is 1.92. The lowest BCUT2D eigenvalue weighted by atomic mass is 10.2. The third-order valence-corrected chi connectivity index (χ3v) is 2.80. The van der Waals surface area contributed by atoms with Crippen molar-refractivity contribution in [1.29, 1.82) is 0 Å². The Hall–Kier alpha value is -1.81. The van der Waals surface area contributed by atoms with Gasteiger partial charge in [0.25, 0.3) is 0 Å². The molecular weight excluding hydrogens is 212 g/mol. The molecule has 2 rings (SSSR count). The first kappa shape index (κ1) is 11.7. The topological polar surface area (TPSA) is 55.9 Å². The van der Waals surface area contributed by atoms with Crippen LogP contribution in [-0.2, 0) is 20.1 Å². The van der Waals surface area contributed by atoms with Crippen LogP contribution in [0, 0.1) is 6.92 Å². The maximum Gasteiger partial charge on any atom is 0.0638 e. The van der Waals surface area contributed by atoms with Gasteiger partial charge in [0, 0.05) is 37.6 Å². The molecule has 0 aliphatic rings. The number of hydrogen-bond donors (Lipinski definition) is 2. The van der Waals surface area contributed by atoms with E-state index in [9.17, 15) is 0 Å². The SMILES string of the molecule is Cc1nn(C)cc1CNCc1ccccc1N. The van der Waals surface area contributed by atoms with Crippen LogP contribution in [0.15, 0.2) is 30.5 Å². The van der Waals surface area contributed by atoms with Crippen LogP contribution in [0.5, 0.6) is 0 Å². The van der Waals surface area contributed by atoms with Crippen LogP contribution in [-0.4, -0.2) is 9.78 Å². The lowest BCUT2D eigenvalue weighted by Gasteiger charge is -2.06. The molecule has 0 atom stereocenters. The van der Waals surface area contributed by atoms with E-state index in [4.69, 9.17) is 5.73 Å². The van der Waals surface area contributed by atoms with Gasteiger partial charge in [-0.3, -0.25) is 4.68 Å². The van der Waals surface area contributed by atoms with Crippen LogP contribution in [0.1, 0.15) is 16.8 Å². The Bertz CT molecular complexity index is 502. The number of para-hydroxylation sites is 1. The Kier molecular flexibility index (Phi) is 3.44. The van der Waals surface area contributed by atoms with Crippen molar-refractivity contribution in [2.24, 2.45) is 7.05 Å². The number of rotatable bonds is 4. The van der Waals surface area contributed by atoms with Gasteiger partial charge in [0.2, 0.25) is 0 Å². The minimum atomic E-state index is 0.779. The minimum absolute atomic E-state index is 0.779. The molecule has 0 amide bonds. The zero-order valence-electron chi connectivity index (χ0n) is 10.3. The van der Waals surface area contributed by atoms with Crippen LogP contribution in [0.4, 0.5) is 5.69 Å². The molecule has 0 aliphatic heterocycles. The molecule has 0 spiro atoms. The highest BCUT2D eigenvalue weighted by Crippen LogP contribution is 2.10. The fraction of sp³-hybridized carbons (Fsp3) is 0.308. The second-order valence-electron chi connectivity index (χ2n) is 4.22. The van der Waals surface area contributed by atoms with Gasteiger partial charge in [-0.15, -0.1) is 0 Å². The highest BCUT2D eigenvalue weighted by atomic mass is 15.2. The first-order valence-electron chi connectivity index (χ1n) is 5.70. The standard InChI is InChI=1S/C13H18N4/c1-10-12(9-17(2)16-10)8-15-7-11-5-3-4-6-13(11)14/h3-6,9,15H,7-8,14H2,1-2H3. The molecule has 3 N–H and O–H groups in total. The molecule has 0 saturated carbocycles. The molecule has 0 fully saturated rings. The third-order valence-electron chi connectivity index (χ3n) is 2.80. The average Bonchev–Trinajstić information content (AvgIpc) is 2.60. The smallest absolute Gasteiger partial charge is 0.0638 e.